The Morgan fingerprint density at radius 3 is 2.55 bits per heavy atom. The summed E-state index contributed by atoms with van der Waals surface area (Å²) in [5, 5.41) is 13.0. The second-order valence-electron chi connectivity index (χ2n) is 9.90. The summed E-state index contributed by atoms with van der Waals surface area (Å²) in [6.45, 7) is 1.76. The summed E-state index contributed by atoms with van der Waals surface area (Å²) in [7, 11) is 0. The summed E-state index contributed by atoms with van der Waals surface area (Å²) in [5.41, 5.74) is 1.58. The number of carbonyl (C=O) groups excluding carboxylic acids is 1. The zero-order valence-electron chi connectivity index (χ0n) is 18.8. The van der Waals surface area contributed by atoms with Crippen molar-refractivity contribution in [2.24, 2.45) is 5.41 Å². The number of carboxylic acid groups (broad SMARTS) is 1. The van der Waals surface area contributed by atoms with E-state index in [2.05, 4.69) is 11.4 Å². The standard InChI is InChI=1S/C26H29N3O4/c1-26(25(32)33)12-10-18(11-13-26)27-23(30)19-7-4-14-29-22(19)28-21-9-8-17(15-20(21)24(29)31)16-5-2-3-6-16/h4,7-9,14-16,18H,2-3,5-6,10-13H2,1H3,(H,27,30)(H,32,33). The first-order chi connectivity index (χ1) is 15.9. The Morgan fingerprint density at radius 1 is 1.12 bits per heavy atom. The van der Waals surface area contributed by atoms with E-state index < -0.39 is 11.4 Å². The number of nitrogens with one attached hydrogen (secondary N) is 1. The summed E-state index contributed by atoms with van der Waals surface area (Å²) >= 11 is 0. The fourth-order valence-corrected chi connectivity index (χ4v) is 5.41. The molecule has 3 aromatic rings. The zero-order chi connectivity index (χ0) is 23.2. The molecule has 2 aliphatic carbocycles. The summed E-state index contributed by atoms with van der Waals surface area (Å²) in [5.74, 6) is -0.566. The van der Waals surface area contributed by atoms with Crippen molar-refractivity contribution in [3.63, 3.8) is 0 Å². The largest absolute Gasteiger partial charge is 0.481 e. The molecule has 2 aliphatic rings. The third-order valence-electron chi connectivity index (χ3n) is 7.68. The summed E-state index contributed by atoms with van der Waals surface area (Å²) in [4.78, 5) is 42.6. The molecule has 0 unspecified atom stereocenters. The molecule has 2 heterocycles. The number of hydrogen-bond acceptors (Lipinski definition) is 4. The normalized spacial score (nSPS) is 23.7. The molecular formula is C26H29N3O4. The number of carbonyl (C=O) groups is 2. The molecule has 7 heteroatoms. The third-order valence-corrected chi connectivity index (χ3v) is 7.68. The number of fused-ring (bicyclic) bond motifs is 2. The lowest BCUT2D eigenvalue weighted by atomic mass is 9.74. The van der Waals surface area contributed by atoms with E-state index in [0.29, 0.717) is 53.7 Å². The molecular weight excluding hydrogens is 418 g/mol. The molecule has 2 fully saturated rings. The number of carboxylic acids is 1. The van der Waals surface area contributed by atoms with Gasteiger partial charge in [-0.15, -0.1) is 0 Å². The molecule has 2 aromatic heterocycles. The molecule has 2 saturated carbocycles. The quantitative estimate of drug-likeness (QED) is 0.582. The fraction of sp³-hybridized carbons (Fsp3) is 0.462. The van der Waals surface area contributed by atoms with Crippen LogP contribution in [0.2, 0.25) is 0 Å². The van der Waals surface area contributed by atoms with E-state index in [0.717, 1.165) is 12.8 Å². The minimum Gasteiger partial charge on any atom is -0.481 e. The van der Waals surface area contributed by atoms with Crippen molar-refractivity contribution < 1.29 is 14.7 Å². The van der Waals surface area contributed by atoms with Crippen LogP contribution in [-0.4, -0.2) is 32.4 Å². The molecule has 0 spiro atoms. The second-order valence-corrected chi connectivity index (χ2v) is 9.90. The van der Waals surface area contributed by atoms with Crippen LogP contribution in [0.25, 0.3) is 16.6 Å². The predicted octanol–water partition coefficient (Wildman–Crippen LogP) is 4.27. The van der Waals surface area contributed by atoms with Crippen molar-refractivity contribution in [1.29, 1.82) is 0 Å². The van der Waals surface area contributed by atoms with Crippen LogP contribution in [0.4, 0.5) is 0 Å². The molecule has 5 rings (SSSR count). The van der Waals surface area contributed by atoms with Crippen LogP contribution in [-0.2, 0) is 4.79 Å². The molecule has 0 radical (unpaired) electrons. The van der Waals surface area contributed by atoms with Crippen LogP contribution >= 0.6 is 0 Å². The van der Waals surface area contributed by atoms with Crippen molar-refractivity contribution in [2.75, 3.05) is 0 Å². The average molecular weight is 448 g/mol. The van der Waals surface area contributed by atoms with Crippen LogP contribution in [0.3, 0.4) is 0 Å². The van der Waals surface area contributed by atoms with E-state index in [9.17, 15) is 19.5 Å². The van der Waals surface area contributed by atoms with Gasteiger partial charge in [0, 0.05) is 12.2 Å². The Labute approximate surface area is 191 Å². The molecule has 0 saturated heterocycles. The Kier molecular flexibility index (Phi) is 5.43. The maximum atomic E-state index is 13.3. The molecule has 0 atom stereocenters. The van der Waals surface area contributed by atoms with Gasteiger partial charge >= 0.3 is 5.97 Å². The maximum Gasteiger partial charge on any atom is 0.309 e. The summed E-state index contributed by atoms with van der Waals surface area (Å²) in [6, 6.07) is 9.21. The van der Waals surface area contributed by atoms with Crippen LogP contribution in [0.15, 0.2) is 41.3 Å². The molecule has 0 aliphatic heterocycles. The number of amides is 1. The van der Waals surface area contributed by atoms with Gasteiger partial charge in [-0.3, -0.25) is 18.8 Å². The van der Waals surface area contributed by atoms with Crippen molar-refractivity contribution in [2.45, 2.75) is 70.3 Å². The van der Waals surface area contributed by atoms with Crippen LogP contribution in [0, 0.1) is 5.41 Å². The number of pyridine rings is 1. The Hall–Kier alpha value is -3.22. The van der Waals surface area contributed by atoms with E-state index in [4.69, 9.17) is 4.98 Å². The van der Waals surface area contributed by atoms with Gasteiger partial charge in [-0.25, -0.2) is 4.98 Å². The Balaban J connectivity index is 1.44. The lowest BCUT2D eigenvalue weighted by Gasteiger charge is -2.34. The van der Waals surface area contributed by atoms with Crippen molar-refractivity contribution in [3.8, 4) is 0 Å². The van der Waals surface area contributed by atoms with Gasteiger partial charge in [-0.1, -0.05) is 18.9 Å². The minimum atomic E-state index is -0.784. The van der Waals surface area contributed by atoms with Crippen LogP contribution in [0.1, 0.15) is 80.1 Å². The highest BCUT2D eigenvalue weighted by atomic mass is 16.4. The number of nitrogens with zero attached hydrogens (tertiary/aromatic N) is 2. The summed E-state index contributed by atoms with van der Waals surface area (Å²) in [6.07, 6.45) is 8.69. The maximum absolute atomic E-state index is 13.3. The monoisotopic (exact) mass is 447 g/mol. The smallest absolute Gasteiger partial charge is 0.309 e. The molecule has 0 bridgehead atoms. The van der Waals surface area contributed by atoms with E-state index in [1.807, 2.05) is 12.1 Å². The molecule has 1 amide bonds. The lowest BCUT2D eigenvalue weighted by Crippen LogP contribution is -2.42. The highest BCUT2D eigenvalue weighted by Gasteiger charge is 2.38. The zero-order valence-corrected chi connectivity index (χ0v) is 18.8. The van der Waals surface area contributed by atoms with Crippen LogP contribution in [0.5, 0.6) is 0 Å². The highest BCUT2D eigenvalue weighted by molar-refractivity contribution is 6.00. The molecule has 2 N–H and O–H groups in total. The van der Waals surface area contributed by atoms with E-state index >= 15 is 0 Å². The van der Waals surface area contributed by atoms with Gasteiger partial charge in [-0.05, 0) is 81.2 Å². The first-order valence-electron chi connectivity index (χ1n) is 11.8. The molecule has 7 nitrogen and oxygen atoms in total. The summed E-state index contributed by atoms with van der Waals surface area (Å²) < 4.78 is 1.46. The van der Waals surface area contributed by atoms with Crippen molar-refractivity contribution in [1.82, 2.24) is 14.7 Å². The molecule has 172 valence electrons. The Bertz CT molecular complexity index is 1300. The predicted molar refractivity (Wildman–Crippen MR) is 126 cm³/mol. The lowest BCUT2D eigenvalue weighted by molar-refractivity contribution is -0.149. The van der Waals surface area contributed by atoms with E-state index in [-0.39, 0.29) is 17.5 Å². The molecule has 33 heavy (non-hydrogen) atoms. The highest BCUT2D eigenvalue weighted by Crippen LogP contribution is 2.36. The van der Waals surface area contributed by atoms with Gasteiger partial charge < -0.3 is 10.4 Å². The third kappa shape index (κ3) is 3.90. The van der Waals surface area contributed by atoms with Gasteiger partial charge in [0.25, 0.3) is 11.5 Å². The number of hydrogen-bond donors (Lipinski definition) is 2. The number of aliphatic carboxylic acids is 1. The topological polar surface area (TPSA) is 101 Å². The number of rotatable bonds is 4. The molecule has 1 aromatic carbocycles. The van der Waals surface area contributed by atoms with Gasteiger partial charge in [0.15, 0.2) is 5.65 Å². The first-order valence-corrected chi connectivity index (χ1v) is 11.8. The number of aromatic nitrogens is 2. The first kappa shape index (κ1) is 21.6. The van der Waals surface area contributed by atoms with Gasteiger partial charge in [0.2, 0.25) is 0 Å². The SMILES string of the molecule is CC1(C(=O)O)CCC(NC(=O)c2cccn3c(=O)c4cc(C5CCCC5)ccc4nc23)CC1. The van der Waals surface area contributed by atoms with E-state index in [1.165, 1.54) is 22.8 Å². The van der Waals surface area contributed by atoms with Crippen molar-refractivity contribution >= 4 is 28.4 Å². The van der Waals surface area contributed by atoms with Gasteiger partial charge in [0.05, 0.1) is 21.9 Å². The van der Waals surface area contributed by atoms with Gasteiger partial charge in [-0.2, -0.15) is 0 Å². The fourth-order valence-electron chi connectivity index (χ4n) is 5.41. The van der Waals surface area contributed by atoms with Gasteiger partial charge in [0.1, 0.15) is 0 Å². The van der Waals surface area contributed by atoms with Crippen LogP contribution < -0.4 is 10.9 Å². The average Bonchev–Trinajstić information content (AvgIpc) is 3.35. The number of benzene rings is 1. The second kappa shape index (κ2) is 8.28. The minimum absolute atomic E-state index is 0.0914. The van der Waals surface area contributed by atoms with E-state index in [1.54, 1.807) is 25.3 Å². The van der Waals surface area contributed by atoms with Crippen molar-refractivity contribution in [3.05, 3.63) is 58.0 Å². The Morgan fingerprint density at radius 2 is 1.85 bits per heavy atom.